The number of piperidine rings is 1. The van der Waals surface area contributed by atoms with E-state index in [9.17, 15) is 0 Å². The van der Waals surface area contributed by atoms with Gasteiger partial charge in [0.05, 0.1) is 12.2 Å². The topological polar surface area (TPSA) is 46.0 Å². The standard InChI is InChI=1S/C26H33N5/c1-19(20-6-4-3-5-7-20)29-26-15-23-14-21(8-9-22(23)16-27-26)24-17-28-31(18-24)25-10-12-30(2)13-11-25/h8-9,14-18,20,25H,1,3-7,10-13H2,2H3,(H,27,29). The number of benzene rings is 1. The number of likely N-dealkylation sites (tertiary alicyclic amines) is 1. The largest absolute Gasteiger partial charge is 0.344 e. The summed E-state index contributed by atoms with van der Waals surface area (Å²) in [6.07, 6.45) is 15.0. The fourth-order valence-corrected chi connectivity index (χ4v) is 5.05. The number of nitrogens with zero attached hydrogens (tertiary/aromatic N) is 4. The van der Waals surface area contributed by atoms with Gasteiger partial charge in [-0.1, -0.05) is 38.0 Å². The Hall–Kier alpha value is -2.66. The molecule has 31 heavy (non-hydrogen) atoms. The third-order valence-corrected chi connectivity index (χ3v) is 7.11. The summed E-state index contributed by atoms with van der Waals surface area (Å²) >= 11 is 0. The highest BCUT2D eigenvalue weighted by molar-refractivity contribution is 5.88. The third-order valence-electron chi connectivity index (χ3n) is 7.11. The van der Waals surface area contributed by atoms with Crippen LogP contribution in [0.5, 0.6) is 0 Å². The lowest BCUT2D eigenvalue weighted by Gasteiger charge is -2.28. The van der Waals surface area contributed by atoms with Crippen LogP contribution in [0.1, 0.15) is 51.0 Å². The normalized spacial score (nSPS) is 19.0. The Balaban J connectivity index is 1.34. The smallest absolute Gasteiger partial charge is 0.130 e. The molecule has 1 aromatic carbocycles. The second kappa shape index (κ2) is 8.83. The van der Waals surface area contributed by atoms with Crippen molar-refractivity contribution in [3.63, 3.8) is 0 Å². The first-order valence-electron chi connectivity index (χ1n) is 11.7. The summed E-state index contributed by atoms with van der Waals surface area (Å²) < 4.78 is 2.17. The van der Waals surface area contributed by atoms with Gasteiger partial charge in [0.2, 0.25) is 0 Å². The van der Waals surface area contributed by atoms with E-state index < -0.39 is 0 Å². The van der Waals surface area contributed by atoms with Crippen molar-refractivity contribution in [2.75, 3.05) is 25.5 Å². The van der Waals surface area contributed by atoms with Crippen LogP contribution in [0.3, 0.4) is 0 Å². The van der Waals surface area contributed by atoms with E-state index >= 15 is 0 Å². The minimum Gasteiger partial charge on any atom is -0.344 e. The average molecular weight is 416 g/mol. The van der Waals surface area contributed by atoms with E-state index in [0.717, 1.165) is 30.0 Å². The second-order valence-electron chi connectivity index (χ2n) is 9.36. The van der Waals surface area contributed by atoms with Crippen molar-refractivity contribution in [3.8, 4) is 11.1 Å². The molecule has 1 saturated carbocycles. The molecule has 5 rings (SSSR count). The molecule has 5 nitrogen and oxygen atoms in total. The van der Waals surface area contributed by atoms with Crippen molar-refractivity contribution in [3.05, 3.63) is 55.1 Å². The summed E-state index contributed by atoms with van der Waals surface area (Å²) in [4.78, 5) is 7.02. The molecule has 0 spiro atoms. The number of hydrogen-bond donors (Lipinski definition) is 1. The van der Waals surface area contributed by atoms with E-state index in [1.165, 1.54) is 61.5 Å². The Morgan fingerprint density at radius 3 is 2.58 bits per heavy atom. The van der Waals surface area contributed by atoms with Crippen molar-refractivity contribution >= 4 is 16.6 Å². The minimum absolute atomic E-state index is 0.510. The second-order valence-corrected chi connectivity index (χ2v) is 9.36. The first-order chi connectivity index (χ1) is 15.2. The molecule has 0 amide bonds. The van der Waals surface area contributed by atoms with Crippen molar-refractivity contribution in [2.45, 2.75) is 51.0 Å². The van der Waals surface area contributed by atoms with Crippen LogP contribution in [-0.2, 0) is 0 Å². The molecule has 1 N–H and O–H groups in total. The summed E-state index contributed by atoms with van der Waals surface area (Å²) in [5.41, 5.74) is 3.50. The molecule has 0 atom stereocenters. The maximum absolute atomic E-state index is 4.69. The molecule has 162 valence electrons. The summed E-state index contributed by atoms with van der Waals surface area (Å²) in [5.74, 6) is 1.46. The van der Waals surface area contributed by atoms with E-state index in [2.05, 4.69) is 64.0 Å². The van der Waals surface area contributed by atoms with Crippen LogP contribution in [0.15, 0.2) is 55.1 Å². The van der Waals surface area contributed by atoms with Crippen LogP contribution in [0.25, 0.3) is 21.9 Å². The van der Waals surface area contributed by atoms with Crippen molar-refractivity contribution in [1.82, 2.24) is 19.7 Å². The van der Waals surface area contributed by atoms with E-state index in [1.54, 1.807) is 0 Å². The third kappa shape index (κ3) is 4.52. The molecule has 2 aromatic heterocycles. The zero-order chi connectivity index (χ0) is 21.2. The number of hydrogen-bond acceptors (Lipinski definition) is 4. The Morgan fingerprint density at radius 2 is 1.77 bits per heavy atom. The zero-order valence-electron chi connectivity index (χ0n) is 18.6. The van der Waals surface area contributed by atoms with Crippen molar-refractivity contribution in [2.24, 2.45) is 5.92 Å². The fourth-order valence-electron chi connectivity index (χ4n) is 5.05. The van der Waals surface area contributed by atoms with E-state index in [4.69, 9.17) is 5.10 Å². The number of fused-ring (bicyclic) bond motifs is 1. The van der Waals surface area contributed by atoms with E-state index in [0.29, 0.717) is 12.0 Å². The van der Waals surface area contributed by atoms with Crippen LogP contribution in [0, 0.1) is 5.92 Å². The van der Waals surface area contributed by atoms with Gasteiger partial charge in [-0.15, -0.1) is 0 Å². The Bertz CT molecular complexity index is 1050. The summed E-state index contributed by atoms with van der Waals surface area (Å²) in [7, 11) is 2.20. The van der Waals surface area contributed by atoms with E-state index in [-0.39, 0.29) is 0 Å². The molecule has 3 heterocycles. The number of nitrogens with one attached hydrogen (secondary N) is 1. The van der Waals surface area contributed by atoms with Gasteiger partial charge in [0.25, 0.3) is 0 Å². The van der Waals surface area contributed by atoms with Gasteiger partial charge in [-0.3, -0.25) is 4.68 Å². The number of anilines is 1. The van der Waals surface area contributed by atoms with Crippen molar-refractivity contribution < 1.29 is 0 Å². The molecule has 1 saturated heterocycles. The van der Waals surface area contributed by atoms with Gasteiger partial charge in [-0.25, -0.2) is 4.98 Å². The van der Waals surface area contributed by atoms with Gasteiger partial charge >= 0.3 is 0 Å². The molecule has 2 aliphatic rings. The lowest BCUT2D eigenvalue weighted by molar-refractivity contribution is 0.212. The van der Waals surface area contributed by atoms with Gasteiger partial charge in [0.15, 0.2) is 0 Å². The monoisotopic (exact) mass is 415 g/mol. The molecule has 0 unspecified atom stereocenters. The van der Waals surface area contributed by atoms with Gasteiger partial charge in [-0.2, -0.15) is 5.10 Å². The molecular weight excluding hydrogens is 382 g/mol. The molecule has 3 aromatic rings. The molecule has 5 heteroatoms. The maximum atomic E-state index is 4.69. The summed E-state index contributed by atoms with van der Waals surface area (Å²) in [6, 6.07) is 9.24. The SMILES string of the molecule is C=C(Nc1cc2cc(-c3cnn(C4CCN(C)CC4)c3)ccc2cn1)C1CCCCC1. The van der Waals surface area contributed by atoms with Crippen molar-refractivity contribution in [1.29, 1.82) is 0 Å². The van der Waals surface area contributed by atoms with Gasteiger partial charge < -0.3 is 10.2 Å². The Kier molecular flexibility index (Phi) is 5.77. The summed E-state index contributed by atoms with van der Waals surface area (Å²) in [6.45, 7) is 6.59. The lowest BCUT2D eigenvalue weighted by atomic mass is 9.87. The summed E-state index contributed by atoms with van der Waals surface area (Å²) in [5, 5.41) is 10.5. The first kappa shape index (κ1) is 20.3. The highest BCUT2D eigenvalue weighted by Gasteiger charge is 2.19. The molecule has 1 aliphatic carbocycles. The van der Waals surface area contributed by atoms with Crippen LogP contribution in [-0.4, -0.2) is 39.8 Å². The molecule has 1 aliphatic heterocycles. The molecule has 2 fully saturated rings. The molecule has 0 bridgehead atoms. The maximum Gasteiger partial charge on any atom is 0.130 e. The fraction of sp³-hybridized carbons (Fsp3) is 0.462. The number of aromatic nitrogens is 3. The zero-order valence-corrected chi connectivity index (χ0v) is 18.6. The highest BCUT2D eigenvalue weighted by atomic mass is 15.3. The Morgan fingerprint density at radius 1 is 0.968 bits per heavy atom. The van der Waals surface area contributed by atoms with Gasteiger partial charge in [0, 0.05) is 29.0 Å². The quantitative estimate of drug-likeness (QED) is 0.566. The van der Waals surface area contributed by atoms with Crippen LogP contribution in [0.2, 0.25) is 0 Å². The number of allylic oxidation sites excluding steroid dienone is 1. The predicted octanol–water partition coefficient (Wildman–Crippen LogP) is 5.87. The highest BCUT2D eigenvalue weighted by Crippen LogP contribution is 2.31. The number of rotatable bonds is 5. The molecular formula is C26H33N5. The Labute approximate surface area is 185 Å². The predicted molar refractivity (Wildman–Crippen MR) is 128 cm³/mol. The minimum atomic E-state index is 0.510. The first-order valence-corrected chi connectivity index (χ1v) is 11.7. The van der Waals surface area contributed by atoms with Crippen LogP contribution < -0.4 is 5.32 Å². The lowest BCUT2D eigenvalue weighted by Crippen LogP contribution is -2.31. The average Bonchev–Trinajstić information content (AvgIpc) is 3.30. The van der Waals surface area contributed by atoms with Gasteiger partial charge in [-0.05, 0) is 74.8 Å². The van der Waals surface area contributed by atoms with Crippen LogP contribution >= 0.6 is 0 Å². The van der Waals surface area contributed by atoms with E-state index in [1.807, 2.05) is 12.4 Å². The molecule has 0 radical (unpaired) electrons. The van der Waals surface area contributed by atoms with Crippen LogP contribution in [0.4, 0.5) is 5.82 Å². The van der Waals surface area contributed by atoms with Gasteiger partial charge in [0.1, 0.15) is 5.82 Å². The number of pyridine rings is 1.